The summed E-state index contributed by atoms with van der Waals surface area (Å²) in [6.45, 7) is 0.737. The van der Waals surface area contributed by atoms with Crippen molar-refractivity contribution < 1.29 is 17.9 Å². The predicted molar refractivity (Wildman–Crippen MR) is 87.5 cm³/mol. The number of ether oxygens (including phenoxy) is 1. The van der Waals surface area contributed by atoms with Crippen molar-refractivity contribution in [3.05, 3.63) is 46.1 Å². The van der Waals surface area contributed by atoms with E-state index >= 15 is 0 Å². The number of nitrogens with one attached hydrogen (secondary N) is 1. The van der Waals surface area contributed by atoms with Crippen molar-refractivity contribution in [1.82, 2.24) is 9.78 Å². The van der Waals surface area contributed by atoms with Gasteiger partial charge in [0.15, 0.2) is 5.82 Å². The van der Waals surface area contributed by atoms with Gasteiger partial charge in [-0.25, -0.2) is 4.68 Å². The van der Waals surface area contributed by atoms with Crippen LogP contribution in [-0.4, -0.2) is 16.4 Å². The Kier molecular flexibility index (Phi) is 5.15. The van der Waals surface area contributed by atoms with Crippen LogP contribution < -0.4 is 5.32 Å². The molecule has 0 radical (unpaired) electrons. The van der Waals surface area contributed by atoms with Gasteiger partial charge in [-0.1, -0.05) is 18.2 Å². The Balaban J connectivity index is 1.72. The van der Waals surface area contributed by atoms with E-state index in [4.69, 9.17) is 4.74 Å². The summed E-state index contributed by atoms with van der Waals surface area (Å²) in [5, 5.41) is 7.36. The number of halogens is 4. The molecule has 1 aliphatic rings. The number of nitrogens with zero attached hydrogens (tertiary/aromatic N) is 2. The average molecular weight is 404 g/mol. The highest BCUT2D eigenvalue weighted by atomic mass is 79.9. The molecule has 1 aromatic heterocycles. The lowest BCUT2D eigenvalue weighted by Crippen LogP contribution is -2.18. The van der Waals surface area contributed by atoms with Crippen molar-refractivity contribution in [2.75, 3.05) is 11.9 Å². The number of benzene rings is 1. The Morgan fingerprint density at radius 1 is 1.29 bits per heavy atom. The van der Waals surface area contributed by atoms with Gasteiger partial charge in [0.25, 0.3) is 0 Å². The van der Waals surface area contributed by atoms with Gasteiger partial charge >= 0.3 is 6.18 Å². The summed E-state index contributed by atoms with van der Waals surface area (Å²) < 4.78 is 47.1. The van der Waals surface area contributed by atoms with Crippen LogP contribution in [-0.2, 0) is 17.5 Å². The summed E-state index contributed by atoms with van der Waals surface area (Å²) in [4.78, 5) is 0. The highest BCUT2D eigenvalue weighted by Gasteiger charge is 2.32. The standard InChI is InChI=1S/C16H17BrF3N3O/c17-13-10-23(14-7-3-4-8-24-14)22-15(13)21-9-11-5-1-2-6-12(11)16(18,19)20/h1-2,5-6,10,14H,3-4,7-9H2,(H,21,22). The Labute approximate surface area is 146 Å². The predicted octanol–water partition coefficient (Wildman–Crippen LogP) is 4.98. The number of alkyl halides is 3. The van der Waals surface area contributed by atoms with Crippen molar-refractivity contribution in [1.29, 1.82) is 0 Å². The third kappa shape index (κ3) is 3.92. The largest absolute Gasteiger partial charge is 0.416 e. The molecule has 130 valence electrons. The SMILES string of the molecule is FC(F)(F)c1ccccc1CNc1nn(C2CCCCO2)cc1Br. The van der Waals surface area contributed by atoms with Crippen molar-refractivity contribution in [2.24, 2.45) is 0 Å². The highest BCUT2D eigenvalue weighted by molar-refractivity contribution is 9.10. The first-order chi connectivity index (χ1) is 11.4. The third-order valence-corrected chi connectivity index (χ3v) is 4.49. The zero-order chi connectivity index (χ0) is 17.2. The maximum atomic E-state index is 13.0. The maximum absolute atomic E-state index is 13.0. The van der Waals surface area contributed by atoms with Crippen LogP contribution in [0.2, 0.25) is 0 Å². The number of rotatable bonds is 4. The molecule has 1 aliphatic heterocycles. The first-order valence-electron chi connectivity index (χ1n) is 7.70. The van der Waals surface area contributed by atoms with Gasteiger partial charge in [-0.2, -0.15) is 18.3 Å². The number of anilines is 1. The molecule has 8 heteroatoms. The van der Waals surface area contributed by atoms with E-state index in [1.54, 1.807) is 16.9 Å². The van der Waals surface area contributed by atoms with Crippen molar-refractivity contribution >= 4 is 21.7 Å². The van der Waals surface area contributed by atoms with Gasteiger partial charge in [-0.3, -0.25) is 0 Å². The lowest BCUT2D eigenvalue weighted by atomic mass is 10.1. The summed E-state index contributed by atoms with van der Waals surface area (Å²) in [5.74, 6) is 0.501. The molecule has 0 amide bonds. The molecule has 0 spiro atoms. The average Bonchev–Trinajstić information content (AvgIpc) is 2.94. The topological polar surface area (TPSA) is 39.1 Å². The van der Waals surface area contributed by atoms with E-state index in [-0.39, 0.29) is 18.3 Å². The molecule has 1 saturated heterocycles. The highest BCUT2D eigenvalue weighted by Crippen LogP contribution is 2.33. The first-order valence-corrected chi connectivity index (χ1v) is 8.49. The third-order valence-electron chi connectivity index (χ3n) is 3.91. The van der Waals surface area contributed by atoms with Crippen LogP contribution in [0.4, 0.5) is 19.0 Å². The zero-order valence-corrected chi connectivity index (χ0v) is 14.4. The smallest absolute Gasteiger partial charge is 0.364 e. The molecule has 0 saturated carbocycles. The normalized spacial score (nSPS) is 18.6. The Morgan fingerprint density at radius 3 is 2.79 bits per heavy atom. The molecule has 2 aromatic rings. The summed E-state index contributed by atoms with van der Waals surface area (Å²) in [6.07, 6.45) is 0.291. The fraction of sp³-hybridized carbons (Fsp3) is 0.438. The van der Waals surface area contributed by atoms with E-state index in [1.165, 1.54) is 12.1 Å². The van der Waals surface area contributed by atoms with Crippen LogP contribution >= 0.6 is 15.9 Å². The van der Waals surface area contributed by atoms with Crippen LogP contribution in [0.3, 0.4) is 0 Å². The molecule has 3 rings (SSSR count). The van der Waals surface area contributed by atoms with Crippen molar-refractivity contribution in [2.45, 2.75) is 38.2 Å². The summed E-state index contributed by atoms with van der Waals surface area (Å²) in [5.41, 5.74) is -0.455. The van der Waals surface area contributed by atoms with Gasteiger partial charge in [0.05, 0.1) is 10.0 Å². The maximum Gasteiger partial charge on any atom is 0.416 e. The molecule has 2 heterocycles. The van der Waals surface area contributed by atoms with Crippen LogP contribution in [0.5, 0.6) is 0 Å². The minimum absolute atomic E-state index is 0.0385. The molecule has 24 heavy (non-hydrogen) atoms. The molecule has 1 aromatic carbocycles. The van der Waals surface area contributed by atoms with E-state index in [9.17, 15) is 13.2 Å². The van der Waals surface area contributed by atoms with Crippen LogP contribution in [0.1, 0.15) is 36.6 Å². The minimum atomic E-state index is -4.37. The molecule has 4 nitrogen and oxygen atoms in total. The van der Waals surface area contributed by atoms with Crippen LogP contribution in [0, 0.1) is 0 Å². The lowest BCUT2D eigenvalue weighted by molar-refractivity contribution is -0.138. The number of hydrogen-bond acceptors (Lipinski definition) is 3. The lowest BCUT2D eigenvalue weighted by Gasteiger charge is -2.22. The summed E-state index contributed by atoms with van der Waals surface area (Å²) >= 11 is 3.39. The van der Waals surface area contributed by atoms with Gasteiger partial charge in [-0.05, 0) is 46.8 Å². The van der Waals surface area contributed by atoms with Gasteiger partial charge in [-0.15, -0.1) is 0 Å². The van der Waals surface area contributed by atoms with Gasteiger partial charge < -0.3 is 10.1 Å². The second kappa shape index (κ2) is 7.14. The van der Waals surface area contributed by atoms with E-state index in [2.05, 4.69) is 26.3 Å². The number of hydrogen-bond donors (Lipinski definition) is 1. The Morgan fingerprint density at radius 2 is 2.08 bits per heavy atom. The minimum Gasteiger partial charge on any atom is -0.364 e. The molecule has 0 aliphatic carbocycles. The van der Waals surface area contributed by atoms with E-state index in [0.29, 0.717) is 16.9 Å². The molecule has 1 fully saturated rings. The molecule has 1 atom stereocenters. The fourth-order valence-electron chi connectivity index (χ4n) is 2.70. The second-order valence-corrected chi connectivity index (χ2v) is 6.49. The van der Waals surface area contributed by atoms with E-state index in [0.717, 1.165) is 25.3 Å². The number of aromatic nitrogens is 2. The molecule has 0 bridgehead atoms. The quantitative estimate of drug-likeness (QED) is 0.782. The van der Waals surface area contributed by atoms with E-state index in [1.807, 2.05) is 0 Å². The van der Waals surface area contributed by atoms with Crippen molar-refractivity contribution in [3.63, 3.8) is 0 Å². The fourth-order valence-corrected chi connectivity index (χ4v) is 3.13. The zero-order valence-electron chi connectivity index (χ0n) is 12.8. The second-order valence-electron chi connectivity index (χ2n) is 5.64. The van der Waals surface area contributed by atoms with E-state index < -0.39 is 11.7 Å². The molecule has 1 unspecified atom stereocenters. The van der Waals surface area contributed by atoms with Crippen LogP contribution in [0.25, 0.3) is 0 Å². The molecular weight excluding hydrogens is 387 g/mol. The van der Waals surface area contributed by atoms with Crippen molar-refractivity contribution in [3.8, 4) is 0 Å². The molecule has 1 N–H and O–H groups in total. The Bertz CT molecular complexity index is 696. The van der Waals surface area contributed by atoms with Crippen LogP contribution in [0.15, 0.2) is 34.9 Å². The van der Waals surface area contributed by atoms with Gasteiger partial charge in [0.1, 0.15) is 6.23 Å². The first kappa shape index (κ1) is 17.3. The summed E-state index contributed by atoms with van der Waals surface area (Å²) in [7, 11) is 0. The van der Waals surface area contributed by atoms with Gasteiger partial charge in [0, 0.05) is 19.3 Å². The van der Waals surface area contributed by atoms with Gasteiger partial charge in [0.2, 0.25) is 0 Å². The molecular formula is C16H17BrF3N3O. The Hall–Kier alpha value is -1.54. The monoisotopic (exact) mass is 403 g/mol. The summed E-state index contributed by atoms with van der Waals surface area (Å²) in [6, 6.07) is 5.53.